The molecule has 4 heterocycles. The maximum absolute atomic E-state index is 13.1. The minimum atomic E-state index is -0.0750. The van der Waals surface area contributed by atoms with Crippen molar-refractivity contribution in [3.63, 3.8) is 0 Å². The van der Waals surface area contributed by atoms with E-state index in [1.165, 1.54) is 0 Å². The Morgan fingerprint density at radius 1 is 1.19 bits per heavy atom. The highest BCUT2D eigenvalue weighted by atomic mass is 79.9. The van der Waals surface area contributed by atoms with Crippen molar-refractivity contribution in [1.29, 1.82) is 0 Å². The van der Waals surface area contributed by atoms with Gasteiger partial charge in [0, 0.05) is 31.8 Å². The molecule has 0 saturated carbocycles. The standard InChI is InChI=1S/C18H19BrN6O/c1-2-3-4-9-24-16-13(11-14(19)21-16)17(26)25-15(22-23-18(24)25)10-12-5-7-20-8-6-12/h5-8H,2-4,9-11H2,1H3. The van der Waals surface area contributed by atoms with E-state index in [1.54, 1.807) is 16.8 Å². The number of rotatable bonds is 6. The molecule has 0 bridgehead atoms. The van der Waals surface area contributed by atoms with Crippen molar-refractivity contribution in [3.05, 3.63) is 51.8 Å². The van der Waals surface area contributed by atoms with Crippen molar-refractivity contribution in [1.82, 2.24) is 24.1 Å². The number of halogens is 1. The number of aromatic nitrogens is 5. The first-order chi connectivity index (χ1) is 12.7. The number of fused-ring (bicyclic) bond motifs is 2. The number of nitrogens with zero attached hydrogens (tertiary/aromatic N) is 6. The SMILES string of the molecule is CCCCCn1c2c(c(=O)n3c(Cc4ccncc4)nnc13)CC(Br)=N2. The normalized spacial score (nSPS) is 13.2. The van der Waals surface area contributed by atoms with Gasteiger partial charge in [-0.3, -0.25) is 14.3 Å². The summed E-state index contributed by atoms with van der Waals surface area (Å²) in [5.74, 6) is 1.93. The highest BCUT2D eigenvalue weighted by Crippen LogP contribution is 2.28. The Hall–Kier alpha value is -2.35. The molecule has 0 radical (unpaired) electrons. The van der Waals surface area contributed by atoms with Crippen LogP contribution in [0.4, 0.5) is 5.82 Å². The molecule has 3 aromatic heterocycles. The Morgan fingerprint density at radius 3 is 2.77 bits per heavy atom. The predicted molar refractivity (Wildman–Crippen MR) is 104 cm³/mol. The third kappa shape index (κ3) is 2.98. The van der Waals surface area contributed by atoms with Crippen LogP contribution in [0.25, 0.3) is 5.78 Å². The lowest BCUT2D eigenvalue weighted by Crippen LogP contribution is -2.23. The van der Waals surface area contributed by atoms with E-state index < -0.39 is 0 Å². The van der Waals surface area contributed by atoms with E-state index in [1.807, 2.05) is 16.7 Å². The van der Waals surface area contributed by atoms with Gasteiger partial charge in [0.15, 0.2) is 0 Å². The first-order valence-corrected chi connectivity index (χ1v) is 9.60. The lowest BCUT2D eigenvalue weighted by molar-refractivity contribution is 0.602. The van der Waals surface area contributed by atoms with Crippen molar-refractivity contribution in [3.8, 4) is 0 Å². The molecule has 0 fully saturated rings. The monoisotopic (exact) mass is 414 g/mol. The van der Waals surface area contributed by atoms with Crippen LogP contribution >= 0.6 is 15.9 Å². The van der Waals surface area contributed by atoms with E-state index in [4.69, 9.17) is 0 Å². The maximum atomic E-state index is 13.1. The zero-order valence-electron chi connectivity index (χ0n) is 14.5. The smallest absolute Gasteiger partial charge is 0.266 e. The second-order valence-electron chi connectivity index (χ2n) is 6.41. The van der Waals surface area contributed by atoms with Gasteiger partial charge in [-0.2, -0.15) is 0 Å². The molecular weight excluding hydrogens is 396 g/mol. The zero-order valence-corrected chi connectivity index (χ0v) is 16.1. The molecule has 0 aromatic carbocycles. The van der Waals surface area contributed by atoms with Gasteiger partial charge in [0.1, 0.15) is 11.6 Å². The molecule has 0 amide bonds. The molecule has 0 spiro atoms. The van der Waals surface area contributed by atoms with Gasteiger partial charge < -0.3 is 0 Å². The Bertz CT molecular complexity index is 1040. The molecule has 0 unspecified atom stereocenters. The van der Waals surface area contributed by atoms with E-state index in [2.05, 4.69) is 43.0 Å². The summed E-state index contributed by atoms with van der Waals surface area (Å²) in [6, 6.07) is 3.85. The van der Waals surface area contributed by atoms with Crippen LogP contribution in [0, 0.1) is 0 Å². The molecule has 4 rings (SSSR count). The summed E-state index contributed by atoms with van der Waals surface area (Å²) in [6.07, 6.45) is 7.80. The molecule has 7 nitrogen and oxygen atoms in total. The predicted octanol–water partition coefficient (Wildman–Crippen LogP) is 3.05. The van der Waals surface area contributed by atoms with Crippen molar-refractivity contribution >= 4 is 32.1 Å². The molecule has 0 aliphatic carbocycles. The van der Waals surface area contributed by atoms with Crippen LogP contribution in [0.3, 0.4) is 0 Å². The Kier molecular flexibility index (Phi) is 4.67. The quantitative estimate of drug-likeness (QED) is 0.580. The van der Waals surface area contributed by atoms with Crippen LogP contribution in [0.5, 0.6) is 0 Å². The van der Waals surface area contributed by atoms with Gasteiger partial charge >= 0.3 is 0 Å². The first-order valence-electron chi connectivity index (χ1n) is 8.80. The molecule has 3 aromatic rings. The number of pyridine rings is 1. The maximum Gasteiger partial charge on any atom is 0.266 e. The largest absolute Gasteiger partial charge is 0.294 e. The van der Waals surface area contributed by atoms with Gasteiger partial charge in [-0.1, -0.05) is 19.8 Å². The van der Waals surface area contributed by atoms with Gasteiger partial charge in [0.2, 0.25) is 5.78 Å². The lowest BCUT2D eigenvalue weighted by Gasteiger charge is -2.12. The minimum Gasteiger partial charge on any atom is -0.294 e. The van der Waals surface area contributed by atoms with Crippen LogP contribution in [-0.2, 0) is 19.4 Å². The molecule has 1 aliphatic heterocycles. The zero-order chi connectivity index (χ0) is 18.1. The van der Waals surface area contributed by atoms with Gasteiger partial charge in [-0.25, -0.2) is 9.39 Å². The van der Waals surface area contributed by atoms with Crippen LogP contribution in [0.2, 0.25) is 0 Å². The second kappa shape index (κ2) is 7.11. The number of unbranched alkanes of at least 4 members (excludes halogenated alkanes) is 2. The van der Waals surface area contributed by atoms with Gasteiger partial charge in [-0.05, 0) is 40.0 Å². The minimum absolute atomic E-state index is 0.0750. The molecule has 0 saturated heterocycles. The summed E-state index contributed by atoms with van der Waals surface area (Å²) < 4.78 is 4.46. The van der Waals surface area contributed by atoms with Crippen molar-refractivity contribution < 1.29 is 0 Å². The fraction of sp³-hybridized carbons (Fsp3) is 0.389. The summed E-state index contributed by atoms with van der Waals surface area (Å²) in [4.78, 5) is 21.7. The summed E-state index contributed by atoms with van der Waals surface area (Å²) in [6.45, 7) is 2.95. The molecular formula is C18H19BrN6O. The van der Waals surface area contributed by atoms with Crippen LogP contribution in [0.15, 0.2) is 34.3 Å². The Labute approximate surface area is 159 Å². The third-order valence-corrected chi connectivity index (χ3v) is 5.05. The van der Waals surface area contributed by atoms with Gasteiger partial charge in [0.05, 0.1) is 10.2 Å². The number of hydrogen-bond acceptors (Lipinski definition) is 5. The molecule has 1 aliphatic rings. The molecule has 134 valence electrons. The summed E-state index contributed by atoms with van der Waals surface area (Å²) in [5.41, 5.74) is 1.68. The molecule has 0 N–H and O–H groups in total. The average molecular weight is 415 g/mol. The third-order valence-electron chi connectivity index (χ3n) is 4.59. The molecule has 0 atom stereocenters. The first kappa shape index (κ1) is 17.1. The van der Waals surface area contributed by atoms with E-state index in [9.17, 15) is 4.79 Å². The topological polar surface area (TPSA) is 77.4 Å². The summed E-state index contributed by atoms with van der Waals surface area (Å²) >= 11 is 3.45. The van der Waals surface area contributed by atoms with Crippen LogP contribution in [-0.4, -0.2) is 28.8 Å². The fourth-order valence-electron chi connectivity index (χ4n) is 3.28. The Balaban J connectivity index is 1.85. The van der Waals surface area contributed by atoms with Crippen LogP contribution in [0.1, 0.15) is 43.1 Å². The van der Waals surface area contributed by atoms with E-state index in [0.29, 0.717) is 35.8 Å². The fourth-order valence-corrected chi connectivity index (χ4v) is 3.73. The molecule has 8 heteroatoms. The van der Waals surface area contributed by atoms with Crippen LogP contribution < -0.4 is 5.56 Å². The van der Waals surface area contributed by atoms with Crippen molar-refractivity contribution in [2.24, 2.45) is 4.99 Å². The second-order valence-corrected chi connectivity index (χ2v) is 7.33. The lowest BCUT2D eigenvalue weighted by atomic mass is 10.2. The van der Waals surface area contributed by atoms with Crippen molar-refractivity contribution in [2.75, 3.05) is 0 Å². The van der Waals surface area contributed by atoms with Gasteiger partial charge in [-0.15, -0.1) is 10.2 Å². The highest BCUT2D eigenvalue weighted by Gasteiger charge is 2.25. The number of aliphatic imine (C=N–C) groups is 1. The van der Waals surface area contributed by atoms with E-state index >= 15 is 0 Å². The average Bonchev–Trinajstić information content (AvgIpc) is 3.23. The van der Waals surface area contributed by atoms with Crippen molar-refractivity contribution in [2.45, 2.75) is 45.6 Å². The van der Waals surface area contributed by atoms with E-state index in [-0.39, 0.29) is 5.56 Å². The number of hydrogen-bond donors (Lipinski definition) is 0. The molecule has 26 heavy (non-hydrogen) atoms. The van der Waals surface area contributed by atoms with Gasteiger partial charge in [0.25, 0.3) is 5.56 Å². The highest BCUT2D eigenvalue weighted by molar-refractivity contribution is 9.18. The summed E-state index contributed by atoms with van der Waals surface area (Å²) in [7, 11) is 0. The number of aryl methyl sites for hydroxylation is 1. The summed E-state index contributed by atoms with van der Waals surface area (Å²) in [5, 5.41) is 8.64. The van der Waals surface area contributed by atoms with E-state index in [0.717, 1.165) is 36.0 Å². The Morgan fingerprint density at radius 2 is 2.00 bits per heavy atom.